The Bertz CT molecular complexity index is 2110. The van der Waals surface area contributed by atoms with Gasteiger partial charge in [-0.3, -0.25) is 29.2 Å². The number of amides is 2. The normalized spacial score (nSPS) is 38.8. The van der Waals surface area contributed by atoms with Gasteiger partial charge < -0.3 is 28.4 Å². The highest BCUT2D eigenvalue weighted by molar-refractivity contribution is 5.99. The van der Waals surface area contributed by atoms with Crippen molar-refractivity contribution >= 4 is 35.5 Å². The van der Waals surface area contributed by atoms with Crippen LogP contribution in [0.25, 0.3) is 0 Å². The summed E-state index contributed by atoms with van der Waals surface area (Å²) >= 11 is 0. The standard InChI is InChI=1S/C44H48N4O10/c1-53-27-7-9-33-29(23-27)43-17-21-45-19-5-11-39(45)13-15-41(43,47(33)37(51)55-3)31(25-39)36(50)58-44-18-22-46-20-6-12-40(46)14-16-42(44,32(26-40)35(49)57-43)48(38(52)56-4)34-10-8-28(54-2)24-30(34)44/h5-12,23-24,31-32H,13-22,25-26H2,1-4H3/t31?,32?,39-,40-,41-,42-,43-,44?/m1/s1. The van der Waals surface area contributed by atoms with Crippen LogP contribution in [-0.2, 0) is 39.7 Å². The predicted molar refractivity (Wildman–Crippen MR) is 208 cm³/mol. The maximum absolute atomic E-state index is 16.3. The molecular weight excluding hydrogens is 745 g/mol. The molecule has 8 atom stereocenters. The molecule has 304 valence electrons. The van der Waals surface area contributed by atoms with E-state index >= 15 is 9.59 Å². The van der Waals surface area contributed by atoms with Crippen molar-refractivity contribution in [2.24, 2.45) is 11.8 Å². The Morgan fingerprint density at radius 1 is 0.621 bits per heavy atom. The summed E-state index contributed by atoms with van der Waals surface area (Å²) in [5.74, 6) is -2.03. The molecule has 2 saturated carbocycles. The molecule has 3 unspecified atom stereocenters. The number of benzene rings is 2. The molecule has 7 fully saturated rings. The molecular formula is C44H48N4O10. The molecule has 2 aromatic rings. The quantitative estimate of drug-likeness (QED) is 0.226. The van der Waals surface area contributed by atoms with Crippen LogP contribution in [0.1, 0.15) is 62.5 Å². The van der Waals surface area contributed by atoms with E-state index in [1.807, 2.05) is 12.1 Å². The first-order chi connectivity index (χ1) is 28.0. The minimum Gasteiger partial charge on any atom is -0.497 e. The molecule has 2 aromatic carbocycles. The lowest BCUT2D eigenvalue weighted by atomic mass is 9.54. The zero-order valence-corrected chi connectivity index (χ0v) is 33.3. The summed E-state index contributed by atoms with van der Waals surface area (Å²) in [6.07, 6.45) is 10.4. The lowest BCUT2D eigenvalue weighted by Gasteiger charge is -2.64. The van der Waals surface area contributed by atoms with Crippen molar-refractivity contribution in [2.75, 3.05) is 64.4 Å². The highest BCUT2D eigenvalue weighted by Gasteiger charge is 2.80. The number of fused-ring (bicyclic) bond motifs is 6. The van der Waals surface area contributed by atoms with Gasteiger partial charge in [0, 0.05) is 61.2 Å². The van der Waals surface area contributed by atoms with Gasteiger partial charge in [-0.1, -0.05) is 24.3 Å². The molecule has 14 nitrogen and oxygen atoms in total. The molecule has 0 radical (unpaired) electrons. The van der Waals surface area contributed by atoms with Gasteiger partial charge in [0.25, 0.3) is 0 Å². The average Bonchev–Trinajstić information content (AvgIpc) is 3.92. The Morgan fingerprint density at radius 2 is 1.05 bits per heavy atom. The lowest BCUT2D eigenvalue weighted by molar-refractivity contribution is -0.229. The van der Waals surface area contributed by atoms with Crippen molar-refractivity contribution in [1.29, 1.82) is 0 Å². The monoisotopic (exact) mass is 792 g/mol. The van der Waals surface area contributed by atoms with Gasteiger partial charge in [0.1, 0.15) is 22.6 Å². The zero-order chi connectivity index (χ0) is 40.0. The van der Waals surface area contributed by atoms with Gasteiger partial charge in [-0.25, -0.2) is 9.59 Å². The molecule has 2 aliphatic carbocycles. The van der Waals surface area contributed by atoms with Gasteiger partial charge in [0.2, 0.25) is 0 Å². The number of hydrogen-bond donors (Lipinski definition) is 0. The molecule has 4 spiro atoms. The first kappa shape index (κ1) is 36.0. The van der Waals surface area contributed by atoms with Crippen LogP contribution >= 0.6 is 0 Å². The third-order valence-corrected chi connectivity index (χ3v) is 16.2. The van der Waals surface area contributed by atoms with Crippen LogP contribution in [0.5, 0.6) is 11.5 Å². The number of methoxy groups -OCH3 is 4. The molecule has 0 N–H and O–H groups in total. The summed E-state index contributed by atoms with van der Waals surface area (Å²) in [4.78, 5) is 69.6. The number of esters is 2. The molecule has 14 heteroatoms. The van der Waals surface area contributed by atoms with E-state index in [9.17, 15) is 9.59 Å². The molecule has 2 amide bonds. The molecule has 8 bridgehead atoms. The Hall–Kier alpha value is -5.08. The second kappa shape index (κ2) is 11.8. The van der Waals surface area contributed by atoms with Gasteiger partial charge in [0.15, 0.2) is 11.2 Å². The largest absolute Gasteiger partial charge is 0.497 e. The number of carbonyl (C=O) groups is 4. The summed E-state index contributed by atoms with van der Waals surface area (Å²) in [6.45, 7) is 2.39. The lowest BCUT2D eigenvalue weighted by Crippen LogP contribution is -2.77. The van der Waals surface area contributed by atoms with E-state index < -0.39 is 69.3 Å². The minimum atomic E-state index is -1.55. The molecule has 5 saturated heterocycles. The summed E-state index contributed by atoms with van der Waals surface area (Å²) in [5.41, 5.74) is -4.82. The number of carbonyl (C=O) groups excluding carboxylic acids is 4. The molecule has 9 heterocycles. The molecule has 9 aliphatic heterocycles. The molecule has 13 rings (SSSR count). The van der Waals surface area contributed by atoms with Crippen LogP contribution in [0.15, 0.2) is 60.7 Å². The van der Waals surface area contributed by atoms with Crippen LogP contribution < -0.4 is 19.3 Å². The average molecular weight is 793 g/mol. The van der Waals surface area contributed by atoms with Crippen molar-refractivity contribution in [3.05, 3.63) is 71.8 Å². The van der Waals surface area contributed by atoms with Crippen molar-refractivity contribution < 1.29 is 47.6 Å². The van der Waals surface area contributed by atoms with Crippen LogP contribution in [0, 0.1) is 11.8 Å². The van der Waals surface area contributed by atoms with Gasteiger partial charge in [0.05, 0.1) is 51.6 Å². The number of ether oxygens (including phenoxy) is 6. The van der Waals surface area contributed by atoms with E-state index in [0.717, 1.165) is 0 Å². The van der Waals surface area contributed by atoms with Crippen LogP contribution in [0.2, 0.25) is 0 Å². The Balaban J connectivity index is 1.24. The highest BCUT2D eigenvalue weighted by atomic mass is 16.6. The van der Waals surface area contributed by atoms with Gasteiger partial charge >= 0.3 is 24.1 Å². The smallest absolute Gasteiger partial charge is 0.414 e. The fourth-order valence-electron chi connectivity index (χ4n) is 13.8. The second-order valence-corrected chi connectivity index (χ2v) is 17.6. The first-order valence-corrected chi connectivity index (χ1v) is 20.5. The first-order valence-electron chi connectivity index (χ1n) is 20.5. The van der Waals surface area contributed by atoms with E-state index in [0.29, 0.717) is 98.7 Å². The summed E-state index contributed by atoms with van der Waals surface area (Å²) in [6, 6.07) is 10.9. The number of nitrogens with zero attached hydrogens (tertiary/aromatic N) is 4. The number of anilines is 2. The second-order valence-electron chi connectivity index (χ2n) is 17.6. The SMILES string of the molecule is COC(=O)N1c2ccc(OC)cc2C23CCN4CC=C[C@]45CC[C@]12C(C5)C(=O)O[C@@]12CCN4CC=C[C@]45CC[C@]1(C(C5)C(=O)O3)N(C(=O)OC)c1ccc(OC)cc12. The van der Waals surface area contributed by atoms with Gasteiger partial charge in [-0.15, -0.1) is 0 Å². The van der Waals surface area contributed by atoms with E-state index in [4.69, 9.17) is 28.4 Å². The van der Waals surface area contributed by atoms with Crippen LogP contribution in [-0.4, -0.2) is 111 Å². The topological polar surface area (TPSA) is 137 Å². The van der Waals surface area contributed by atoms with Crippen molar-refractivity contribution in [1.82, 2.24) is 9.80 Å². The minimum absolute atomic E-state index is 0.278. The predicted octanol–water partition coefficient (Wildman–Crippen LogP) is 5.17. The van der Waals surface area contributed by atoms with Crippen molar-refractivity contribution in [3.8, 4) is 11.5 Å². The fraction of sp³-hybridized carbons (Fsp3) is 0.545. The van der Waals surface area contributed by atoms with Gasteiger partial charge in [-0.05, 0) is 74.9 Å². The van der Waals surface area contributed by atoms with Crippen LogP contribution in [0.4, 0.5) is 21.0 Å². The zero-order valence-electron chi connectivity index (χ0n) is 33.3. The summed E-state index contributed by atoms with van der Waals surface area (Å²) < 4.78 is 37.7. The fourth-order valence-corrected chi connectivity index (χ4v) is 13.8. The highest BCUT2D eigenvalue weighted by Crippen LogP contribution is 2.70. The third-order valence-electron chi connectivity index (χ3n) is 16.2. The van der Waals surface area contributed by atoms with E-state index in [1.54, 1.807) is 48.3 Å². The summed E-state index contributed by atoms with van der Waals surface area (Å²) in [5, 5.41) is 0. The maximum atomic E-state index is 16.3. The molecule has 58 heavy (non-hydrogen) atoms. The number of hydrogen-bond acceptors (Lipinski definition) is 12. The maximum Gasteiger partial charge on any atom is 0.414 e. The Kier molecular flexibility index (Phi) is 7.32. The van der Waals surface area contributed by atoms with Crippen molar-refractivity contribution in [2.45, 2.75) is 84.7 Å². The molecule has 0 aromatic heterocycles. The number of rotatable bonds is 2. The van der Waals surface area contributed by atoms with Crippen molar-refractivity contribution in [3.63, 3.8) is 0 Å². The van der Waals surface area contributed by atoms with E-state index in [2.05, 4.69) is 34.1 Å². The van der Waals surface area contributed by atoms with Crippen LogP contribution in [0.3, 0.4) is 0 Å². The Morgan fingerprint density at radius 3 is 1.45 bits per heavy atom. The van der Waals surface area contributed by atoms with E-state index in [-0.39, 0.29) is 12.8 Å². The molecule has 11 aliphatic rings. The Labute approximate surface area is 336 Å². The third kappa shape index (κ3) is 3.96. The van der Waals surface area contributed by atoms with Gasteiger partial charge in [-0.2, -0.15) is 0 Å². The van der Waals surface area contributed by atoms with E-state index in [1.165, 1.54) is 14.2 Å². The summed E-state index contributed by atoms with van der Waals surface area (Å²) in [7, 11) is 5.81.